The summed E-state index contributed by atoms with van der Waals surface area (Å²) >= 11 is 5.76. The van der Waals surface area contributed by atoms with Crippen LogP contribution in [0.3, 0.4) is 0 Å². The lowest BCUT2D eigenvalue weighted by Gasteiger charge is -2.14. The number of hydrogen-bond acceptors (Lipinski definition) is 4. The SMILES string of the molecule is CCCC(NCC(=O)Nc1ccc(OC(F)F)c(Cl)c1)C(=O)O.Cl. The summed E-state index contributed by atoms with van der Waals surface area (Å²) in [4.78, 5) is 22.7. The van der Waals surface area contributed by atoms with E-state index < -0.39 is 24.5 Å². The standard InChI is InChI=1S/C14H17ClF2N2O4.ClH/c1-2-3-10(13(21)22)18-7-12(20)19-8-4-5-11(9(15)6-8)23-14(16)17;/h4-6,10,14,18H,2-3,7H2,1H3,(H,19,20)(H,21,22);1H. The third-order valence-corrected chi connectivity index (χ3v) is 3.11. The molecule has 0 aliphatic carbocycles. The lowest BCUT2D eigenvalue weighted by Crippen LogP contribution is -2.41. The van der Waals surface area contributed by atoms with Gasteiger partial charge in [-0.3, -0.25) is 14.9 Å². The molecule has 0 bridgehead atoms. The molecule has 1 aromatic rings. The number of hydrogen-bond donors (Lipinski definition) is 3. The predicted octanol–water partition coefficient (Wildman–Crippen LogP) is 3.14. The summed E-state index contributed by atoms with van der Waals surface area (Å²) < 4.78 is 28.4. The van der Waals surface area contributed by atoms with Crippen molar-refractivity contribution >= 4 is 41.6 Å². The molecule has 1 atom stereocenters. The lowest BCUT2D eigenvalue weighted by molar-refractivity contribution is -0.139. The van der Waals surface area contributed by atoms with Gasteiger partial charge in [-0.05, 0) is 24.6 Å². The van der Waals surface area contributed by atoms with Crippen LogP contribution < -0.4 is 15.4 Å². The third-order valence-electron chi connectivity index (χ3n) is 2.82. The molecule has 136 valence electrons. The van der Waals surface area contributed by atoms with Crippen LogP contribution in [0, 0.1) is 0 Å². The number of alkyl halides is 2. The molecule has 10 heteroatoms. The van der Waals surface area contributed by atoms with Crippen LogP contribution in [0.4, 0.5) is 14.5 Å². The zero-order valence-electron chi connectivity index (χ0n) is 12.7. The van der Waals surface area contributed by atoms with Crippen LogP contribution in [0.2, 0.25) is 5.02 Å². The van der Waals surface area contributed by atoms with E-state index >= 15 is 0 Å². The molecule has 1 aromatic carbocycles. The van der Waals surface area contributed by atoms with Crippen LogP contribution in [0.15, 0.2) is 18.2 Å². The number of rotatable bonds is 9. The summed E-state index contributed by atoms with van der Waals surface area (Å²) in [6.45, 7) is -1.37. The average Bonchev–Trinajstić information content (AvgIpc) is 2.45. The Labute approximate surface area is 148 Å². The van der Waals surface area contributed by atoms with E-state index in [2.05, 4.69) is 15.4 Å². The van der Waals surface area contributed by atoms with Gasteiger partial charge < -0.3 is 15.2 Å². The molecular weight excluding hydrogens is 369 g/mol. The highest BCUT2D eigenvalue weighted by molar-refractivity contribution is 6.32. The molecule has 0 radical (unpaired) electrons. The molecule has 0 saturated heterocycles. The average molecular weight is 387 g/mol. The van der Waals surface area contributed by atoms with Crippen LogP contribution in [0.5, 0.6) is 5.75 Å². The van der Waals surface area contributed by atoms with Crippen LogP contribution >= 0.6 is 24.0 Å². The van der Waals surface area contributed by atoms with Gasteiger partial charge in [0.15, 0.2) is 0 Å². The fourth-order valence-electron chi connectivity index (χ4n) is 1.79. The molecule has 1 amide bonds. The molecule has 0 aliphatic rings. The molecule has 1 unspecified atom stereocenters. The largest absolute Gasteiger partial charge is 0.480 e. The molecule has 0 aromatic heterocycles. The number of amides is 1. The summed E-state index contributed by atoms with van der Waals surface area (Å²) in [7, 11) is 0. The first-order valence-electron chi connectivity index (χ1n) is 6.83. The lowest BCUT2D eigenvalue weighted by atomic mass is 10.2. The van der Waals surface area contributed by atoms with Crippen molar-refractivity contribution in [2.75, 3.05) is 11.9 Å². The number of carbonyl (C=O) groups excluding carboxylic acids is 1. The van der Waals surface area contributed by atoms with Crippen molar-refractivity contribution in [1.29, 1.82) is 0 Å². The zero-order valence-corrected chi connectivity index (χ0v) is 14.3. The van der Waals surface area contributed by atoms with Gasteiger partial charge in [-0.25, -0.2) is 0 Å². The van der Waals surface area contributed by atoms with Gasteiger partial charge in [-0.1, -0.05) is 24.9 Å². The Morgan fingerprint density at radius 1 is 1.38 bits per heavy atom. The van der Waals surface area contributed by atoms with E-state index in [1.165, 1.54) is 18.2 Å². The first-order chi connectivity index (χ1) is 10.8. The predicted molar refractivity (Wildman–Crippen MR) is 88.3 cm³/mol. The van der Waals surface area contributed by atoms with Crippen molar-refractivity contribution < 1.29 is 28.2 Å². The van der Waals surface area contributed by atoms with Crippen molar-refractivity contribution in [3.8, 4) is 5.75 Å². The van der Waals surface area contributed by atoms with Gasteiger partial charge >= 0.3 is 12.6 Å². The van der Waals surface area contributed by atoms with Crippen LogP contribution in [0.25, 0.3) is 0 Å². The number of halogens is 4. The third kappa shape index (κ3) is 7.76. The Morgan fingerprint density at radius 2 is 2.04 bits per heavy atom. The van der Waals surface area contributed by atoms with E-state index in [0.717, 1.165) is 0 Å². The van der Waals surface area contributed by atoms with Gasteiger partial charge in [0.2, 0.25) is 5.91 Å². The first-order valence-corrected chi connectivity index (χ1v) is 7.21. The van der Waals surface area contributed by atoms with Gasteiger partial charge in [0.1, 0.15) is 11.8 Å². The van der Waals surface area contributed by atoms with Crippen LogP contribution in [-0.2, 0) is 9.59 Å². The minimum absolute atomic E-state index is 0. The van der Waals surface area contributed by atoms with Gasteiger partial charge in [0.05, 0.1) is 11.6 Å². The number of carboxylic acids is 1. The van der Waals surface area contributed by atoms with Gasteiger partial charge in [0.25, 0.3) is 0 Å². The van der Waals surface area contributed by atoms with E-state index in [4.69, 9.17) is 16.7 Å². The molecule has 3 N–H and O–H groups in total. The topological polar surface area (TPSA) is 87.7 Å². The van der Waals surface area contributed by atoms with E-state index in [0.29, 0.717) is 12.8 Å². The summed E-state index contributed by atoms with van der Waals surface area (Å²) in [5.41, 5.74) is 0.283. The Hall–Kier alpha value is -1.64. The monoisotopic (exact) mass is 386 g/mol. The van der Waals surface area contributed by atoms with Crippen molar-refractivity contribution in [3.05, 3.63) is 23.2 Å². The Bertz CT molecular complexity index is 562. The second-order valence-electron chi connectivity index (χ2n) is 4.63. The highest BCUT2D eigenvalue weighted by Gasteiger charge is 2.17. The molecule has 0 aliphatic heterocycles. The second-order valence-corrected chi connectivity index (χ2v) is 5.04. The molecule has 1 rings (SSSR count). The first kappa shape index (κ1) is 22.4. The highest BCUT2D eigenvalue weighted by Crippen LogP contribution is 2.28. The van der Waals surface area contributed by atoms with E-state index in [1.807, 2.05) is 6.92 Å². The minimum Gasteiger partial charge on any atom is -0.480 e. The van der Waals surface area contributed by atoms with Crippen molar-refractivity contribution in [1.82, 2.24) is 5.32 Å². The van der Waals surface area contributed by atoms with E-state index in [1.54, 1.807) is 0 Å². The maximum atomic E-state index is 12.1. The number of anilines is 1. The maximum absolute atomic E-state index is 12.1. The maximum Gasteiger partial charge on any atom is 0.387 e. The summed E-state index contributed by atoms with van der Waals surface area (Å²) in [6, 6.07) is 3.01. The highest BCUT2D eigenvalue weighted by atomic mass is 35.5. The summed E-state index contributed by atoms with van der Waals surface area (Å²) in [5, 5.41) is 14.0. The molecule has 6 nitrogen and oxygen atoms in total. The van der Waals surface area contributed by atoms with Gasteiger partial charge in [-0.2, -0.15) is 8.78 Å². The van der Waals surface area contributed by atoms with Gasteiger partial charge in [-0.15, -0.1) is 12.4 Å². The second kappa shape index (κ2) is 11.0. The molecule has 0 fully saturated rings. The quantitative estimate of drug-likeness (QED) is 0.606. The smallest absolute Gasteiger partial charge is 0.387 e. The Balaban J connectivity index is 0.00000529. The number of nitrogens with one attached hydrogen (secondary N) is 2. The fraction of sp³-hybridized carbons (Fsp3) is 0.429. The fourth-order valence-corrected chi connectivity index (χ4v) is 2.02. The van der Waals surface area contributed by atoms with Crippen molar-refractivity contribution in [3.63, 3.8) is 0 Å². The number of carbonyl (C=O) groups is 2. The molecular formula is C14H18Cl2F2N2O4. The summed E-state index contributed by atoms with van der Waals surface area (Å²) in [6.07, 6.45) is 1.06. The summed E-state index contributed by atoms with van der Waals surface area (Å²) in [5.74, 6) is -1.71. The number of aliphatic carboxylic acids is 1. The van der Waals surface area contributed by atoms with E-state index in [9.17, 15) is 18.4 Å². The molecule has 0 spiro atoms. The normalized spacial score (nSPS) is 11.5. The minimum atomic E-state index is -3.00. The molecule has 0 saturated carbocycles. The number of benzene rings is 1. The van der Waals surface area contributed by atoms with Crippen LogP contribution in [0.1, 0.15) is 19.8 Å². The number of ether oxygens (including phenoxy) is 1. The molecule has 24 heavy (non-hydrogen) atoms. The van der Waals surface area contributed by atoms with Crippen LogP contribution in [-0.4, -0.2) is 36.2 Å². The number of carboxylic acid groups (broad SMARTS) is 1. The van der Waals surface area contributed by atoms with Crippen molar-refractivity contribution in [2.45, 2.75) is 32.4 Å². The Morgan fingerprint density at radius 3 is 2.54 bits per heavy atom. The molecule has 0 heterocycles. The van der Waals surface area contributed by atoms with E-state index in [-0.39, 0.29) is 35.4 Å². The van der Waals surface area contributed by atoms with Gasteiger partial charge in [0, 0.05) is 5.69 Å². The van der Waals surface area contributed by atoms with Crippen molar-refractivity contribution in [2.24, 2.45) is 0 Å². The Kier molecular flexibility index (Phi) is 10.3. The zero-order chi connectivity index (χ0) is 17.4.